The van der Waals surface area contributed by atoms with Crippen molar-refractivity contribution in [2.24, 2.45) is 22.5 Å². The largest absolute Gasteiger partial charge is 0.422 e. The molecule has 1 saturated heterocycles. The van der Waals surface area contributed by atoms with Crippen molar-refractivity contribution in [3.63, 3.8) is 0 Å². The summed E-state index contributed by atoms with van der Waals surface area (Å²) in [6, 6.07) is 16.1. The molecule has 158 valence electrons. The number of likely N-dealkylation sites (tertiary alicyclic amines) is 1. The van der Waals surface area contributed by atoms with Gasteiger partial charge in [0.15, 0.2) is 0 Å². The standard InChI is InChI=1S/C25H24N2O4/c1-24(2)13-25(23(26)30)14-27(12-20(24)25)21(28)17-8-5-7-15(10-17)18-11-16-6-3-4-9-19(16)31-22(18)29/h3-11,20H,12-14H2,1-2H3,(H2,26,30)/t20-,25+/m1/s1. The van der Waals surface area contributed by atoms with Crippen molar-refractivity contribution in [2.45, 2.75) is 20.3 Å². The minimum absolute atomic E-state index is 0.0179. The van der Waals surface area contributed by atoms with Gasteiger partial charge in [-0.25, -0.2) is 4.79 Å². The number of primary amides is 1. The highest BCUT2D eigenvalue weighted by molar-refractivity contribution is 5.97. The van der Waals surface area contributed by atoms with E-state index in [9.17, 15) is 14.4 Å². The van der Waals surface area contributed by atoms with Gasteiger partial charge in [-0.05, 0) is 47.6 Å². The van der Waals surface area contributed by atoms with Crippen LogP contribution in [0.25, 0.3) is 22.1 Å². The third-order valence-corrected chi connectivity index (χ3v) is 7.10. The third-order valence-electron chi connectivity index (χ3n) is 7.10. The molecule has 1 saturated carbocycles. The minimum atomic E-state index is -0.629. The number of nitrogens with two attached hydrogens (primary N) is 1. The molecule has 2 aliphatic rings. The predicted molar refractivity (Wildman–Crippen MR) is 117 cm³/mol. The summed E-state index contributed by atoms with van der Waals surface area (Å²) >= 11 is 0. The number of carbonyl (C=O) groups is 2. The topological polar surface area (TPSA) is 93.6 Å². The van der Waals surface area contributed by atoms with Crippen LogP contribution in [-0.4, -0.2) is 29.8 Å². The zero-order valence-corrected chi connectivity index (χ0v) is 17.6. The van der Waals surface area contributed by atoms with Gasteiger partial charge in [-0.2, -0.15) is 0 Å². The van der Waals surface area contributed by atoms with Crippen LogP contribution in [0.4, 0.5) is 0 Å². The second kappa shape index (κ2) is 6.54. The normalized spacial score (nSPS) is 23.9. The fraction of sp³-hybridized carbons (Fsp3) is 0.320. The number of carbonyl (C=O) groups excluding carboxylic acids is 2. The highest BCUT2D eigenvalue weighted by Gasteiger charge is 2.66. The summed E-state index contributed by atoms with van der Waals surface area (Å²) in [4.78, 5) is 39.8. The van der Waals surface area contributed by atoms with Crippen LogP contribution in [0.2, 0.25) is 0 Å². The molecule has 2 heterocycles. The lowest BCUT2D eigenvalue weighted by molar-refractivity contribution is -0.148. The fourth-order valence-corrected chi connectivity index (χ4v) is 5.65. The summed E-state index contributed by atoms with van der Waals surface area (Å²) < 4.78 is 5.44. The molecule has 3 aromatic rings. The Balaban J connectivity index is 1.48. The number of hydrogen-bond acceptors (Lipinski definition) is 4. The van der Waals surface area contributed by atoms with Crippen LogP contribution in [0.5, 0.6) is 0 Å². The number of benzene rings is 2. The molecule has 6 heteroatoms. The van der Waals surface area contributed by atoms with E-state index < -0.39 is 11.0 Å². The van der Waals surface area contributed by atoms with Gasteiger partial charge in [0.1, 0.15) is 5.58 Å². The van der Waals surface area contributed by atoms with E-state index in [-0.39, 0.29) is 23.1 Å². The lowest BCUT2D eigenvalue weighted by atomic mass is 9.48. The first-order chi connectivity index (χ1) is 14.7. The Hall–Kier alpha value is -3.41. The van der Waals surface area contributed by atoms with E-state index in [0.29, 0.717) is 41.8 Å². The number of rotatable bonds is 3. The Morgan fingerprint density at radius 3 is 2.58 bits per heavy atom. The molecular weight excluding hydrogens is 392 g/mol. The average Bonchev–Trinajstić information content (AvgIpc) is 3.09. The first-order valence-electron chi connectivity index (χ1n) is 10.4. The lowest BCUT2D eigenvalue weighted by Gasteiger charge is -2.54. The van der Waals surface area contributed by atoms with E-state index in [1.54, 1.807) is 41.3 Å². The molecular formula is C25H24N2O4. The van der Waals surface area contributed by atoms with Crippen molar-refractivity contribution in [1.29, 1.82) is 0 Å². The Morgan fingerprint density at radius 1 is 1.10 bits per heavy atom. The van der Waals surface area contributed by atoms with E-state index in [1.165, 1.54) is 0 Å². The van der Waals surface area contributed by atoms with Gasteiger partial charge in [0.25, 0.3) is 5.91 Å². The van der Waals surface area contributed by atoms with E-state index in [4.69, 9.17) is 10.2 Å². The molecule has 1 aromatic heterocycles. The van der Waals surface area contributed by atoms with Crippen molar-refractivity contribution >= 4 is 22.8 Å². The number of para-hydroxylation sites is 1. The monoisotopic (exact) mass is 416 g/mol. The number of hydrogen-bond donors (Lipinski definition) is 1. The number of nitrogens with zero attached hydrogens (tertiary/aromatic N) is 1. The molecule has 1 aliphatic carbocycles. The van der Waals surface area contributed by atoms with Crippen LogP contribution in [0, 0.1) is 16.7 Å². The smallest absolute Gasteiger partial charge is 0.344 e. The van der Waals surface area contributed by atoms with E-state index in [1.807, 2.05) is 18.2 Å². The molecule has 6 nitrogen and oxygen atoms in total. The molecule has 2 fully saturated rings. The van der Waals surface area contributed by atoms with E-state index in [2.05, 4.69) is 13.8 Å². The van der Waals surface area contributed by atoms with Gasteiger partial charge in [-0.15, -0.1) is 0 Å². The van der Waals surface area contributed by atoms with Gasteiger partial charge in [-0.3, -0.25) is 9.59 Å². The molecule has 5 rings (SSSR count). The zero-order chi connectivity index (χ0) is 22.0. The highest BCUT2D eigenvalue weighted by Crippen LogP contribution is 2.62. The third kappa shape index (κ3) is 2.89. The van der Waals surface area contributed by atoms with Gasteiger partial charge in [0, 0.05) is 24.0 Å². The Bertz CT molecular complexity index is 1290. The van der Waals surface area contributed by atoms with E-state index >= 15 is 0 Å². The second-order valence-corrected chi connectivity index (χ2v) is 9.49. The summed E-state index contributed by atoms with van der Waals surface area (Å²) in [5.74, 6) is -0.412. The first-order valence-corrected chi connectivity index (χ1v) is 10.4. The van der Waals surface area contributed by atoms with Gasteiger partial charge < -0.3 is 15.1 Å². The first kappa shape index (κ1) is 19.5. The molecule has 0 unspecified atom stereocenters. The van der Waals surface area contributed by atoms with Crippen LogP contribution in [0.1, 0.15) is 30.6 Å². The van der Waals surface area contributed by atoms with Gasteiger partial charge in [-0.1, -0.05) is 44.2 Å². The summed E-state index contributed by atoms with van der Waals surface area (Å²) in [5.41, 5.74) is 6.67. The summed E-state index contributed by atoms with van der Waals surface area (Å²) in [6.45, 7) is 5.09. The maximum atomic E-state index is 13.3. The summed E-state index contributed by atoms with van der Waals surface area (Å²) in [7, 11) is 0. The molecule has 0 radical (unpaired) electrons. The second-order valence-electron chi connectivity index (χ2n) is 9.49. The van der Waals surface area contributed by atoms with Crippen LogP contribution < -0.4 is 11.4 Å². The Labute approximate surface area is 179 Å². The maximum absolute atomic E-state index is 13.3. The molecule has 31 heavy (non-hydrogen) atoms. The minimum Gasteiger partial charge on any atom is -0.422 e. The van der Waals surface area contributed by atoms with Crippen LogP contribution in [0.15, 0.2) is 63.8 Å². The fourth-order valence-electron chi connectivity index (χ4n) is 5.65. The molecule has 1 aliphatic heterocycles. The van der Waals surface area contributed by atoms with Crippen LogP contribution >= 0.6 is 0 Å². The maximum Gasteiger partial charge on any atom is 0.344 e. The highest BCUT2D eigenvalue weighted by atomic mass is 16.4. The molecule has 2 aromatic carbocycles. The molecule has 0 spiro atoms. The zero-order valence-electron chi connectivity index (χ0n) is 17.6. The van der Waals surface area contributed by atoms with Crippen molar-refractivity contribution in [1.82, 2.24) is 4.90 Å². The average molecular weight is 416 g/mol. The quantitative estimate of drug-likeness (QED) is 0.662. The van der Waals surface area contributed by atoms with Crippen molar-refractivity contribution in [3.8, 4) is 11.1 Å². The SMILES string of the molecule is CC1(C)C[C@]2(C(N)=O)CN(C(=O)c3cccc(-c4cc5ccccc5oc4=O)c3)C[C@H]12. The van der Waals surface area contributed by atoms with Gasteiger partial charge in [0.2, 0.25) is 5.91 Å². The molecule has 0 bridgehead atoms. The Kier molecular flexibility index (Phi) is 4.13. The van der Waals surface area contributed by atoms with Gasteiger partial charge in [0.05, 0.1) is 11.0 Å². The van der Waals surface area contributed by atoms with Crippen molar-refractivity contribution < 1.29 is 14.0 Å². The van der Waals surface area contributed by atoms with Gasteiger partial charge >= 0.3 is 5.63 Å². The molecule has 2 amide bonds. The molecule has 2 N–H and O–H groups in total. The number of amides is 2. The molecule has 2 atom stereocenters. The van der Waals surface area contributed by atoms with Crippen LogP contribution in [0.3, 0.4) is 0 Å². The van der Waals surface area contributed by atoms with Crippen molar-refractivity contribution in [2.75, 3.05) is 13.1 Å². The lowest BCUT2D eigenvalue weighted by Crippen LogP contribution is -2.59. The number of fused-ring (bicyclic) bond motifs is 2. The van der Waals surface area contributed by atoms with Crippen molar-refractivity contribution in [3.05, 3.63) is 70.6 Å². The van der Waals surface area contributed by atoms with Crippen LogP contribution in [-0.2, 0) is 4.79 Å². The summed E-state index contributed by atoms with van der Waals surface area (Å²) in [5, 5.41) is 0.815. The predicted octanol–water partition coefficient (Wildman–Crippen LogP) is 3.43. The Morgan fingerprint density at radius 2 is 1.87 bits per heavy atom. The summed E-state index contributed by atoms with van der Waals surface area (Å²) in [6.07, 6.45) is 0.696. The van der Waals surface area contributed by atoms with E-state index in [0.717, 1.165) is 5.39 Å².